The first kappa shape index (κ1) is 59.3. The second kappa shape index (κ2) is 21.9. The van der Waals surface area contributed by atoms with Crippen molar-refractivity contribution in [3.63, 3.8) is 0 Å². The van der Waals surface area contributed by atoms with Crippen molar-refractivity contribution in [1.82, 2.24) is 5.48 Å². The molecule has 0 aliphatic rings. The second-order valence-corrected chi connectivity index (χ2v) is 20.9. The van der Waals surface area contributed by atoms with Crippen LogP contribution in [0.25, 0.3) is 0 Å². The molecule has 9 nitrogen and oxygen atoms in total. The van der Waals surface area contributed by atoms with Gasteiger partial charge in [-0.3, -0.25) is 15.3 Å². The third-order valence-corrected chi connectivity index (χ3v) is 16.6. The fourth-order valence-corrected chi connectivity index (χ4v) is 11.1. The minimum Gasteiger partial charge on any atom is -0.497 e. The van der Waals surface area contributed by atoms with E-state index in [4.69, 9.17) is 23.8 Å². The number of hydrogen-bond donors (Lipinski definition) is 3. The second-order valence-electron chi connectivity index (χ2n) is 15.9. The van der Waals surface area contributed by atoms with E-state index in [9.17, 15) is 75.4 Å². The average molecular weight is 1030 g/mol. The maximum atomic E-state index is 15.0. The summed E-state index contributed by atoms with van der Waals surface area (Å²) in [6.45, 7) is 7.59. The summed E-state index contributed by atoms with van der Waals surface area (Å²) in [5, 5.41) is 11.3. The predicted molar refractivity (Wildman–Crippen MR) is 212 cm³/mol. The minimum absolute atomic E-state index is 0.0997. The maximum Gasteiger partial charge on any atom is 0.460 e. The number of methoxy groups -OCH3 is 1. The van der Waals surface area contributed by atoms with Gasteiger partial charge in [0.1, 0.15) is 24.2 Å². The van der Waals surface area contributed by atoms with E-state index < -0.39 is 117 Å². The monoisotopic (exact) mass is 1030 g/mol. The Labute approximate surface area is 379 Å². The highest BCUT2D eigenvalue weighted by molar-refractivity contribution is 6.76. The lowest BCUT2D eigenvalue weighted by Gasteiger charge is -2.44. The topological polar surface area (TPSA) is 115 Å². The molecule has 3 N–H and O–H groups in total. The SMILES string of the molecule is COc1ccc(NC(=O)O[C@H](c2ccc(OCCO[Si](CCC(F)(F)C(F)(F)C(F)(F)C(F)(F)C(F)(F)C(F)(F)C(F)(F)C(F)(F)F)(C(C)C)C(C)C)cc2)[C@H](C)/C(C)=C/C=C/C(=O)NO)cc1. The standard InChI is InChI=1S/C41H47F17N2O7Si/c1-23(2)68(24(3)4,22-19-34(42,43)35(44,45)36(46,47)37(48,49)38(50,51)39(52,53)40(54,55)41(56,57)58)66-21-20-65-30-15-11-27(12-16-30)32(26(6)25(5)9-8-10-31(61)60-63)67-33(62)59-28-13-17-29(64-7)18-14-28/h8-18,23-24,26,32,63H,19-22H2,1-7H3,(H,59,62)(H,60,61)/b10-8+,25-9+/t26-,32+/m1/s1. The first-order chi connectivity index (χ1) is 30.9. The molecule has 0 aromatic heterocycles. The summed E-state index contributed by atoms with van der Waals surface area (Å²) in [5.41, 5.74) is 0.932. The zero-order valence-electron chi connectivity index (χ0n) is 36.8. The van der Waals surface area contributed by atoms with Crippen molar-refractivity contribution in [1.29, 1.82) is 0 Å². The number of carbonyl (C=O) groups is 2. The van der Waals surface area contributed by atoms with Gasteiger partial charge in [-0.05, 0) is 66.0 Å². The Morgan fingerprint density at radius 1 is 0.676 bits per heavy atom. The fraction of sp³-hybridized carbons (Fsp3) is 0.561. The van der Waals surface area contributed by atoms with Gasteiger partial charge in [0, 0.05) is 24.1 Å². The van der Waals surface area contributed by atoms with E-state index in [1.54, 1.807) is 26.0 Å². The zero-order chi connectivity index (χ0) is 52.7. The third kappa shape index (κ3) is 12.1. The largest absolute Gasteiger partial charge is 0.497 e. The molecule has 0 fully saturated rings. The van der Waals surface area contributed by atoms with Crippen LogP contribution >= 0.6 is 0 Å². The van der Waals surface area contributed by atoms with Crippen molar-refractivity contribution >= 4 is 26.0 Å². The molecule has 2 aromatic carbocycles. The van der Waals surface area contributed by atoms with Crippen molar-refractivity contribution in [3.05, 3.63) is 77.9 Å². The van der Waals surface area contributed by atoms with Crippen LogP contribution in [0.2, 0.25) is 17.1 Å². The summed E-state index contributed by atoms with van der Waals surface area (Å²) in [5.74, 6) is -57.7. The number of anilines is 1. The van der Waals surface area contributed by atoms with Gasteiger partial charge in [-0.2, -0.15) is 74.6 Å². The van der Waals surface area contributed by atoms with Gasteiger partial charge < -0.3 is 18.6 Å². The number of hydrogen-bond acceptors (Lipinski definition) is 7. The number of alkyl halides is 17. The predicted octanol–water partition coefficient (Wildman–Crippen LogP) is 13.2. The van der Waals surface area contributed by atoms with Gasteiger partial charge in [-0.15, -0.1) is 0 Å². The van der Waals surface area contributed by atoms with Crippen molar-refractivity contribution in [2.45, 2.75) is 119 Å². The summed E-state index contributed by atoms with van der Waals surface area (Å²) in [7, 11) is -2.59. The van der Waals surface area contributed by atoms with Crippen LogP contribution in [0.3, 0.4) is 0 Å². The lowest BCUT2D eigenvalue weighted by molar-refractivity contribution is -0.461. The minimum atomic E-state index is -8.71. The van der Waals surface area contributed by atoms with Gasteiger partial charge in [0.15, 0.2) is 8.32 Å². The number of benzene rings is 2. The van der Waals surface area contributed by atoms with E-state index in [2.05, 4.69) is 5.32 Å². The van der Waals surface area contributed by atoms with Crippen LogP contribution in [0.15, 0.2) is 72.3 Å². The molecule has 0 aliphatic heterocycles. The first-order valence-electron chi connectivity index (χ1n) is 19.9. The van der Waals surface area contributed by atoms with Crippen molar-refractivity contribution < 1.29 is 108 Å². The molecule has 27 heteroatoms. The number of carbonyl (C=O) groups excluding carboxylic acids is 2. The van der Waals surface area contributed by atoms with Crippen LogP contribution in [-0.2, 0) is 14.0 Å². The molecule has 0 heterocycles. The molecule has 2 atom stereocenters. The number of ether oxygens (including phenoxy) is 3. The van der Waals surface area contributed by atoms with E-state index in [-0.39, 0.29) is 5.75 Å². The number of halogens is 17. The van der Waals surface area contributed by atoms with Gasteiger partial charge >= 0.3 is 53.7 Å². The molecule has 0 bridgehead atoms. The molecule has 0 aliphatic carbocycles. The third-order valence-electron chi connectivity index (χ3n) is 11.0. The smallest absolute Gasteiger partial charge is 0.460 e. The molecule has 68 heavy (non-hydrogen) atoms. The molecule has 0 saturated carbocycles. The number of allylic oxidation sites excluding steroid dienone is 2. The Bertz CT molecular complexity index is 2040. The molecular weight excluding hydrogens is 984 g/mol. The average Bonchev–Trinajstić information content (AvgIpc) is 3.24. The van der Waals surface area contributed by atoms with Crippen molar-refractivity contribution in [3.8, 4) is 11.5 Å². The highest BCUT2D eigenvalue weighted by atomic mass is 28.4. The van der Waals surface area contributed by atoms with Crippen LogP contribution in [0.1, 0.15) is 59.6 Å². The van der Waals surface area contributed by atoms with Gasteiger partial charge in [0.05, 0.1) is 13.7 Å². The van der Waals surface area contributed by atoms with E-state index in [0.29, 0.717) is 22.6 Å². The summed E-state index contributed by atoms with van der Waals surface area (Å²) >= 11 is 0. The van der Waals surface area contributed by atoms with Gasteiger partial charge in [-0.1, -0.05) is 64.5 Å². The lowest BCUT2D eigenvalue weighted by atomic mass is 9.88. The maximum absolute atomic E-state index is 15.0. The quantitative estimate of drug-likeness (QED) is 0.0182. The highest BCUT2D eigenvalue weighted by Gasteiger charge is 2.95. The Kier molecular flexibility index (Phi) is 19.1. The van der Waals surface area contributed by atoms with Crippen molar-refractivity contribution in [2.24, 2.45) is 5.92 Å². The van der Waals surface area contributed by atoms with Gasteiger partial charge in [0.2, 0.25) is 0 Å². The van der Waals surface area contributed by atoms with E-state index >= 15 is 8.78 Å². The molecule has 0 spiro atoms. The Morgan fingerprint density at radius 2 is 1.15 bits per heavy atom. The number of nitrogens with one attached hydrogen (secondary N) is 2. The fourth-order valence-electron chi connectivity index (χ4n) is 6.61. The summed E-state index contributed by atoms with van der Waals surface area (Å²) in [6.07, 6.45) is -8.48. The molecule has 0 radical (unpaired) electrons. The van der Waals surface area contributed by atoms with Crippen LogP contribution in [-0.4, -0.2) is 93.5 Å². The molecule has 2 rings (SSSR count). The van der Waals surface area contributed by atoms with Crippen molar-refractivity contribution in [2.75, 3.05) is 25.6 Å². The zero-order valence-corrected chi connectivity index (χ0v) is 37.8. The molecule has 2 aromatic rings. The van der Waals surface area contributed by atoms with E-state index in [1.165, 1.54) is 88.8 Å². The summed E-state index contributed by atoms with van der Waals surface area (Å²) in [4.78, 5) is 24.4. The summed E-state index contributed by atoms with van der Waals surface area (Å²) in [6, 6.07) is 10.6. The Hall–Kier alpha value is -4.79. The Morgan fingerprint density at radius 3 is 1.60 bits per heavy atom. The van der Waals surface area contributed by atoms with Crippen LogP contribution in [0, 0.1) is 5.92 Å². The first-order valence-corrected chi connectivity index (χ1v) is 22.1. The van der Waals surface area contributed by atoms with E-state index in [1.807, 2.05) is 0 Å². The van der Waals surface area contributed by atoms with Crippen LogP contribution in [0.4, 0.5) is 85.1 Å². The number of rotatable bonds is 24. The molecule has 2 amide bonds. The van der Waals surface area contributed by atoms with Crippen LogP contribution in [0.5, 0.6) is 11.5 Å². The van der Waals surface area contributed by atoms with E-state index in [0.717, 1.165) is 6.08 Å². The number of hydroxylamine groups is 1. The number of amides is 2. The van der Waals surface area contributed by atoms with Gasteiger partial charge in [-0.25, -0.2) is 10.3 Å². The van der Waals surface area contributed by atoms with Crippen LogP contribution < -0.4 is 20.3 Å². The van der Waals surface area contributed by atoms with Gasteiger partial charge in [0.25, 0.3) is 5.91 Å². The molecular formula is C41H47F17N2O7Si. The normalized spacial score (nSPS) is 15.1. The molecule has 386 valence electrons. The lowest BCUT2D eigenvalue weighted by Crippen LogP contribution is -2.74. The molecule has 0 unspecified atom stereocenters. The highest BCUT2D eigenvalue weighted by Crippen LogP contribution is 2.64. The Balaban J connectivity index is 2.33. The molecule has 0 saturated heterocycles. The summed E-state index contributed by atoms with van der Waals surface area (Å²) < 4.78 is 259.